The molecule has 0 radical (unpaired) electrons. The molecule has 2 N–H and O–H groups in total. The number of phenolic OH excluding ortho intramolecular Hbond substituents is 1. The van der Waals surface area contributed by atoms with Crippen LogP contribution in [0.2, 0.25) is 5.02 Å². The predicted molar refractivity (Wildman–Crippen MR) is 64.9 cm³/mol. The van der Waals surface area contributed by atoms with E-state index in [1.54, 1.807) is 12.1 Å². The summed E-state index contributed by atoms with van der Waals surface area (Å²) < 4.78 is 4.95. The van der Waals surface area contributed by atoms with E-state index >= 15 is 0 Å². The van der Waals surface area contributed by atoms with Crippen molar-refractivity contribution in [2.45, 2.75) is 20.0 Å². The molecular weight excluding hydrogens is 240 g/mol. The number of aryl methyl sites for hydroxylation is 1. The van der Waals surface area contributed by atoms with Crippen LogP contribution in [0, 0.1) is 6.92 Å². The highest BCUT2D eigenvalue weighted by Crippen LogP contribution is 2.26. The first-order chi connectivity index (χ1) is 8.16. The fraction of sp³-hybridized carbons (Fsp3) is 0.250. The smallest absolute Gasteiger partial charge is 0.138 e. The van der Waals surface area contributed by atoms with Crippen molar-refractivity contribution in [3.05, 3.63) is 46.3 Å². The molecule has 2 rings (SSSR count). The summed E-state index contributed by atoms with van der Waals surface area (Å²) in [6.45, 7) is 2.96. The molecule has 90 valence electrons. The maximum absolute atomic E-state index is 9.69. The number of rotatable bonds is 4. The summed E-state index contributed by atoms with van der Waals surface area (Å²) in [6.07, 6.45) is 0. The van der Waals surface area contributed by atoms with Crippen LogP contribution < -0.4 is 5.32 Å². The van der Waals surface area contributed by atoms with Crippen LogP contribution in [0.15, 0.2) is 28.8 Å². The molecule has 0 aliphatic carbocycles. The van der Waals surface area contributed by atoms with Crippen LogP contribution >= 0.6 is 11.6 Å². The maximum Gasteiger partial charge on any atom is 0.138 e. The summed E-state index contributed by atoms with van der Waals surface area (Å²) in [5, 5.41) is 17.1. The molecule has 1 aromatic carbocycles. The molecule has 2 aromatic rings. The molecule has 0 saturated carbocycles. The van der Waals surface area contributed by atoms with E-state index in [4.69, 9.17) is 16.1 Å². The average Bonchev–Trinajstić information content (AvgIpc) is 2.70. The van der Waals surface area contributed by atoms with E-state index in [0.29, 0.717) is 18.1 Å². The summed E-state index contributed by atoms with van der Waals surface area (Å²) in [6, 6.07) is 7.15. The third-order valence-corrected chi connectivity index (χ3v) is 2.67. The number of nitrogens with zero attached hydrogens (tertiary/aromatic N) is 1. The summed E-state index contributed by atoms with van der Waals surface area (Å²) in [5.41, 5.74) is 1.60. The summed E-state index contributed by atoms with van der Waals surface area (Å²) in [7, 11) is 0. The molecule has 1 aromatic heterocycles. The number of benzene rings is 1. The number of halogens is 1. The van der Waals surface area contributed by atoms with Gasteiger partial charge in [0.25, 0.3) is 0 Å². The van der Waals surface area contributed by atoms with Crippen molar-refractivity contribution in [1.82, 2.24) is 10.5 Å². The van der Waals surface area contributed by atoms with Crippen LogP contribution in [0.3, 0.4) is 0 Å². The van der Waals surface area contributed by atoms with Gasteiger partial charge in [-0.3, -0.25) is 0 Å². The second-order valence-electron chi connectivity index (χ2n) is 3.78. The number of hydrogen-bond acceptors (Lipinski definition) is 4. The van der Waals surface area contributed by atoms with Crippen LogP contribution in [-0.4, -0.2) is 10.3 Å². The lowest BCUT2D eigenvalue weighted by atomic mass is 10.2. The van der Waals surface area contributed by atoms with Gasteiger partial charge in [0, 0.05) is 24.7 Å². The predicted octanol–water partition coefficient (Wildman–Crippen LogP) is 2.63. The Balaban J connectivity index is 1.92. The molecule has 4 nitrogen and oxygen atoms in total. The highest BCUT2D eigenvalue weighted by atomic mass is 35.5. The van der Waals surface area contributed by atoms with Crippen molar-refractivity contribution in [3.8, 4) is 5.75 Å². The van der Waals surface area contributed by atoms with E-state index in [2.05, 4.69) is 10.5 Å². The van der Waals surface area contributed by atoms with Crippen LogP contribution in [0.1, 0.15) is 17.0 Å². The Bertz CT molecular complexity index is 511. The lowest BCUT2D eigenvalue weighted by Crippen LogP contribution is -2.12. The molecule has 5 heteroatoms. The minimum absolute atomic E-state index is 0.123. The van der Waals surface area contributed by atoms with Gasteiger partial charge in [0.15, 0.2) is 0 Å². The third-order valence-electron chi connectivity index (χ3n) is 2.37. The first-order valence-electron chi connectivity index (χ1n) is 5.26. The van der Waals surface area contributed by atoms with E-state index in [1.165, 1.54) is 0 Å². The number of aromatic nitrogens is 1. The van der Waals surface area contributed by atoms with Crippen molar-refractivity contribution >= 4 is 11.6 Å². The van der Waals surface area contributed by atoms with Crippen molar-refractivity contribution in [1.29, 1.82) is 0 Å². The number of aromatic hydroxyl groups is 1. The lowest BCUT2D eigenvalue weighted by molar-refractivity contribution is 0.388. The maximum atomic E-state index is 9.69. The normalized spacial score (nSPS) is 10.7. The van der Waals surface area contributed by atoms with Crippen LogP contribution in [-0.2, 0) is 13.1 Å². The van der Waals surface area contributed by atoms with E-state index in [9.17, 15) is 5.11 Å². The van der Waals surface area contributed by atoms with Gasteiger partial charge in [-0.25, -0.2) is 0 Å². The van der Waals surface area contributed by atoms with Gasteiger partial charge in [-0.1, -0.05) is 28.9 Å². The van der Waals surface area contributed by atoms with Crippen LogP contribution in [0.4, 0.5) is 0 Å². The molecule has 0 bridgehead atoms. The molecule has 0 aliphatic rings. The zero-order valence-electron chi connectivity index (χ0n) is 9.40. The highest BCUT2D eigenvalue weighted by Gasteiger charge is 2.05. The molecule has 0 aliphatic heterocycles. The molecule has 0 spiro atoms. The summed E-state index contributed by atoms with van der Waals surface area (Å²) in [5.74, 6) is 0.908. The summed E-state index contributed by atoms with van der Waals surface area (Å²) >= 11 is 5.81. The Hall–Kier alpha value is -1.52. The number of hydrogen-bond donors (Lipinski definition) is 2. The largest absolute Gasteiger partial charge is 0.506 e. The standard InChI is InChI=1S/C12H13ClN2O2/c1-8-5-10(15-17-8)7-14-6-9-3-2-4-11(13)12(9)16/h2-5,14,16H,6-7H2,1H3. The fourth-order valence-electron chi connectivity index (χ4n) is 1.53. The zero-order valence-corrected chi connectivity index (χ0v) is 10.2. The first kappa shape index (κ1) is 12.0. The average molecular weight is 253 g/mol. The Morgan fingerprint density at radius 2 is 2.24 bits per heavy atom. The van der Waals surface area contributed by atoms with Gasteiger partial charge in [-0.15, -0.1) is 0 Å². The second-order valence-corrected chi connectivity index (χ2v) is 4.19. The SMILES string of the molecule is Cc1cc(CNCc2cccc(Cl)c2O)no1. The van der Waals surface area contributed by atoms with Crippen molar-refractivity contribution < 1.29 is 9.63 Å². The van der Waals surface area contributed by atoms with E-state index in [1.807, 2.05) is 19.1 Å². The molecule has 1 heterocycles. The van der Waals surface area contributed by atoms with Crippen LogP contribution in [0.25, 0.3) is 0 Å². The van der Waals surface area contributed by atoms with E-state index in [0.717, 1.165) is 17.0 Å². The number of phenols is 1. The van der Waals surface area contributed by atoms with E-state index in [-0.39, 0.29) is 5.75 Å². The Kier molecular flexibility index (Phi) is 3.66. The Labute approximate surface area is 104 Å². The molecule has 17 heavy (non-hydrogen) atoms. The van der Waals surface area contributed by atoms with Gasteiger partial charge in [-0.2, -0.15) is 0 Å². The zero-order chi connectivity index (χ0) is 12.3. The lowest BCUT2D eigenvalue weighted by Gasteiger charge is -2.06. The number of nitrogens with one attached hydrogen (secondary N) is 1. The van der Waals surface area contributed by atoms with Crippen molar-refractivity contribution in [2.24, 2.45) is 0 Å². The number of para-hydroxylation sites is 1. The fourth-order valence-corrected chi connectivity index (χ4v) is 1.72. The molecule has 0 amide bonds. The van der Waals surface area contributed by atoms with Gasteiger partial charge in [0.1, 0.15) is 11.5 Å². The highest BCUT2D eigenvalue weighted by molar-refractivity contribution is 6.32. The monoisotopic (exact) mass is 252 g/mol. The van der Waals surface area contributed by atoms with E-state index < -0.39 is 0 Å². The second kappa shape index (κ2) is 5.21. The first-order valence-corrected chi connectivity index (χ1v) is 5.64. The van der Waals surface area contributed by atoms with Crippen molar-refractivity contribution in [2.75, 3.05) is 0 Å². The van der Waals surface area contributed by atoms with Gasteiger partial charge in [0.05, 0.1) is 10.7 Å². The van der Waals surface area contributed by atoms with Crippen molar-refractivity contribution in [3.63, 3.8) is 0 Å². The molecule has 0 atom stereocenters. The summed E-state index contributed by atoms with van der Waals surface area (Å²) in [4.78, 5) is 0. The third kappa shape index (κ3) is 2.99. The van der Waals surface area contributed by atoms with Gasteiger partial charge in [0.2, 0.25) is 0 Å². The minimum Gasteiger partial charge on any atom is -0.506 e. The minimum atomic E-state index is 0.123. The quantitative estimate of drug-likeness (QED) is 0.878. The van der Waals surface area contributed by atoms with Gasteiger partial charge >= 0.3 is 0 Å². The Morgan fingerprint density at radius 3 is 2.94 bits per heavy atom. The molecule has 0 saturated heterocycles. The topological polar surface area (TPSA) is 58.3 Å². The van der Waals surface area contributed by atoms with Gasteiger partial charge < -0.3 is 14.9 Å². The van der Waals surface area contributed by atoms with Gasteiger partial charge in [-0.05, 0) is 13.0 Å². The van der Waals surface area contributed by atoms with Crippen LogP contribution in [0.5, 0.6) is 5.75 Å². The molecular formula is C12H13ClN2O2. The Morgan fingerprint density at radius 1 is 1.41 bits per heavy atom. The molecule has 0 unspecified atom stereocenters. The molecule has 0 fully saturated rings.